The quantitative estimate of drug-likeness (QED) is 0.563. The van der Waals surface area contributed by atoms with E-state index in [9.17, 15) is 9.59 Å². The summed E-state index contributed by atoms with van der Waals surface area (Å²) in [4.78, 5) is 21.8. The average Bonchev–Trinajstić information content (AvgIpc) is 2.62. The number of nitrogens with one attached hydrogen (secondary N) is 1. The zero-order valence-corrected chi connectivity index (χ0v) is 17.5. The molecule has 1 aliphatic heterocycles. The lowest BCUT2D eigenvalue weighted by Gasteiger charge is -2.36. The molecule has 1 saturated heterocycles. The Bertz CT molecular complexity index is 612. The van der Waals surface area contributed by atoms with Crippen LogP contribution in [0.15, 0.2) is 40.9 Å². The van der Waals surface area contributed by atoms with E-state index in [2.05, 4.69) is 64.3 Å². The van der Waals surface area contributed by atoms with Gasteiger partial charge in [0.05, 0.1) is 0 Å². The molecule has 0 aromatic heterocycles. The Balaban J connectivity index is 0.000000387. The van der Waals surface area contributed by atoms with Crippen LogP contribution in [0, 0.1) is 5.92 Å². The van der Waals surface area contributed by atoms with Gasteiger partial charge in [0.25, 0.3) is 0 Å². The van der Waals surface area contributed by atoms with E-state index >= 15 is 0 Å². The van der Waals surface area contributed by atoms with Crippen LogP contribution in [0.2, 0.25) is 0 Å². The topological polar surface area (TPSA) is 89.9 Å². The fraction of sp³-hybridized carbons (Fsp3) is 0.500. The highest BCUT2D eigenvalue weighted by Gasteiger charge is 2.22. The molecular weight excluding hydrogens is 412 g/mol. The lowest BCUT2D eigenvalue weighted by Crippen LogP contribution is -2.44. The van der Waals surface area contributed by atoms with E-state index in [1.807, 2.05) is 0 Å². The molecule has 0 atom stereocenters. The number of nitrogens with zero attached hydrogens (tertiary/aromatic N) is 1. The van der Waals surface area contributed by atoms with Crippen LogP contribution in [-0.2, 0) is 16.1 Å². The summed E-state index contributed by atoms with van der Waals surface area (Å²) < 4.78 is 1.23. The summed E-state index contributed by atoms with van der Waals surface area (Å²) in [5.74, 6) is -1.79. The zero-order valence-electron chi connectivity index (χ0n) is 15.9. The first-order chi connectivity index (χ1) is 12.8. The van der Waals surface area contributed by atoms with Gasteiger partial charge in [-0.15, -0.1) is 0 Å². The Labute approximate surface area is 169 Å². The highest BCUT2D eigenvalue weighted by molar-refractivity contribution is 9.10. The van der Waals surface area contributed by atoms with Gasteiger partial charge >= 0.3 is 11.9 Å². The zero-order chi connectivity index (χ0) is 20.2. The summed E-state index contributed by atoms with van der Waals surface area (Å²) in [5, 5.41) is 19.1. The maximum absolute atomic E-state index is 9.55. The number of halogens is 1. The van der Waals surface area contributed by atoms with E-state index in [0.717, 1.165) is 31.6 Å². The predicted molar refractivity (Wildman–Crippen MR) is 110 cm³/mol. The van der Waals surface area contributed by atoms with E-state index < -0.39 is 11.9 Å². The minimum atomic E-state index is -1.26. The van der Waals surface area contributed by atoms with Gasteiger partial charge in [0.2, 0.25) is 0 Å². The van der Waals surface area contributed by atoms with Crippen molar-refractivity contribution < 1.29 is 19.8 Å². The highest BCUT2D eigenvalue weighted by Crippen LogP contribution is 2.22. The molecule has 0 aliphatic carbocycles. The van der Waals surface area contributed by atoms with Gasteiger partial charge in [-0.2, -0.15) is 0 Å². The predicted octanol–water partition coefficient (Wildman–Crippen LogP) is 3.37. The smallest absolute Gasteiger partial charge is 0.328 e. The summed E-state index contributed by atoms with van der Waals surface area (Å²) in [6.45, 7) is 9.20. The molecule has 0 amide bonds. The van der Waals surface area contributed by atoms with Crippen LogP contribution in [0.4, 0.5) is 0 Å². The third-order valence-corrected chi connectivity index (χ3v) is 4.90. The summed E-state index contributed by atoms with van der Waals surface area (Å²) >= 11 is 3.68. The number of rotatable bonds is 7. The monoisotopic (exact) mass is 440 g/mol. The number of hydrogen-bond acceptors (Lipinski definition) is 4. The molecule has 0 saturated carbocycles. The van der Waals surface area contributed by atoms with Crippen LogP contribution in [-0.4, -0.2) is 52.7 Å². The van der Waals surface area contributed by atoms with Crippen LogP contribution in [0.25, 0.3) is 0 Å². The Hall–Kier alpha value is -1.70. The highest BCUT2D eigenvalue weighted by atomic mass is 79.9. The van der Waals surface area contributed by atoms with Crippen LogP contribution in [0.3, 0.4) is 0 Å². The number of carboxylic acids is 2. The van der Waals surface area contributed by atoms with Gasteiger partial charge < -0.3 is 15.5 Å². The largest absolute Gasteiger partial charge is 0.478 e. The number of carboxylic acid groups (broad SMARTS) is 2. The molecule has 1 aromatic carbocycles. The lowest BCUT2D eigenvalue weighted by atomic mass is 10.0. The van der Waals surface area contributed by atoms with Crippen molar-refractivity contribution >= 4 is 27.9 Å². The van der Waals surface area contributed by atoms with Gasteiger partial charge in [-0.05, 0) is 43.5 Å². The summed E-state index contributed by atoms with van der Waals surface area (Å²) in [6.07, 6.45) is 3.67. The molecule has 1 aliphatic rings. The molecule has 0 unspecified atom stereocenters. The fourth-order valence-electron chi connectivity index (χ4n) is 2.97. The number of carbonyl (C=O) groups is 2. The van der Waals surface area contributed by atoms with E-state index in [1.165, 1.54) is 29.4 Å². The molecule has 1 aromatic rings. The van der Waals surface area contributed by atoms with Gasteiger partial charge in [0, 0.05) is 35.8 Å². The Morgan fingerprint density at radius 1 is 1.19 bits per heavy atom. The van der Waals surface area contributed by atoms with Crippen molar-refractivity contribution in [3.8, 4) is 0 Å². The van der Waals surface area contributed by atoms with Gasteiger partial charge in [0.1, 0.15) is 0 Å². The van der Waals surface area contributed by atoms with Gasteiger partial charge in [-0.3, -0.25) is 4.90 Å². The van der Waals surface area contributed by atoms with Crippen LogP contribution < -0.4 is 5.32 Å². The second kappa shape index (κ2) is 12.6. The van der Waals surface area contributed by atoms with E-state index in [1.54, 1.807) is 0 Å². The van der Waals surface area contributed by atoms with Gasteiger partial charge in [-0.25, -0.2) is 9.59 Å². The van der Waals surface area contributed by atoms with Crippen molar-refractivity contribution in [1.82, 2.24) is 10.2 Å². The third-order valence-electron chi connectivity index (χ3n) is 4.12. The number of benzene rings is 1. The van der Waals surface area contributed by atoms with Crippen molar-refractivity contribution in [2.45, 2.75) is 39.3 Å². The molecule has 27 heavy (non-hydrogen) atoms. The van der Waals surface area contributed by atoms with Gasteiger partial charge in [0.15, 0.2) is 0 Å². The van der Waals surface area contributed by atoms with Crippen molar-refractivity contribution in [2.75, 3.05) is 19.6 Å². The molecule has 0 bridgehead atoms. The molecule has 7 heteroatoms. The molecule has 0 spiro atoms. The molecule has 1 fully saturated rings. The Morgan fingerprint density at radius 2 is 1.74 bits per heavy atom. The van der Waals surface area contributed by atoms with E-state index in [-0.39, 0.29) is 0 Å². The molecular formula is C20H29BrN2O4. The molecule has 150 valence electrons. The van der Waals surface area contributed by atoms with Gasteiger partial charge in [-0.1, -0.05) is 48.0 Å². The average molecular weight is 441 g/mol. The minimum absolute atomic E-state index is 0.558. The molecule has 1 heterocycles. The maximum Gasteiger partial charge on any atom is 0.328 e. The number of piperidine rings is 1. The maximum atomic E-state index is 9.55. The van der Waals surface area contributed by atoms with Crippen molar-refractivity contribution in [2.24, 2.45) is 5.92 Å². The lowest BCUT2D eigenvalue weighted by molar-refractivity contribution is -0.134. The molecule has 3 N–H and O–H groups in total. The summed E-state index contributed by atoms with van der Waals surface area (Å²) in [6, 6.07) is 9.33. The Morgan fingerprint density at radius 3 is 2.22 bits per heavy atom. The van der Waals surface area contributed by atoms with Crippen LogP contribution in [0.1, 0.15) is 32.3 Å². The van der Waals surface area contributed by atoms with Crippen LogP contribution in [0.5, 0.6) is 0 Å². The van der Waals surface area contributed by atoms with Crippen molar-refractivity contribution in [3.63, 3.8) is 0 Å². The molecule has 0 radical (unpaired) electrons. The standard InChI is InChI=1S/C16H25BrN2.C4H4O4/c1-13(2)11-19(15-7-9-18-10-8-15)12-14-5-3-4-6-16(14)17;5-3(6)1-2-4(7)8/h3-6,13,15,18H,7-12H2,1-2H3;1-2H,(H,5,6)(H,7,8)/b;2-1+. The van der Waals surface area contributed by atoms with Crippen molar-refractivity contribution in [1.29, 1.82) is 0 Å². The summed E-state index contributed by atoms with van der Waals surface area (Å²) in [7, 11) is 0. The first-order valence-corrected chi connectivity index (χ1v) is 9.91. The van der Waals surface area contributed by atoms with Crippen LogP contribution >= 0.6 is 15.9 Å². The first-order valence-electron chi connectivity index (χ1n) is 9.11. The van der Waals surface area contributed by atoms with E-state index in [0.29, 0.717) is 12.2 Å². The number of hydrogen-bond donors (Lipinski definition) is 3. The SMILES string of the molecule is CC(C)CN(Cc1ccccc1Br)C1CCNCC1.O=C(O)/C=C/C(=O)O. The number of aliphatic carboxylic acids is 2. The van der Waals surface area contributed by atoms with E-state index in [4.69, 9.17) is 10.2 Å². The second-order valence-electron chi connectivity index (χ2n) is 6.91. The third kappa shape index (κ3) is 10.3. The molecule has 6 nitrogen and oxygen atoms in total. The normalized spacial score (nSPS) is 15.0. The summed E-state index contributed by atoms with van der Waals surface area (Å²) in [5.41, 5.74) is 1.40. The first kappa shape index (κ1) is 23.3. The Kier molecular flexibility index (Phi) is 10.9. The van der Waals surface area contributed by atoms with Crippen molar-refractivity contribution in [3.05, 3.63) is 46.5 Å². The molecule has 2 rings (SSSR count). The minimum Gasteiger partial charge on any atom is -0.478 e. The second-order valence-corrected chi connectivity index (χ2v) is 7.76. The fourth-order valence-corrected chi connectivity index (χ4v) is 3.38.